The molecule has 2 nitrogen and oxygen atoms in total. The zero-order chi connectivity index (χ0) is 14.7. The number of hydrogen-bond acceptors (Lipinski definition) is 1. The van der Waals surface area contributed by atoms with Crippen LogP contribution >= 0.6 is 11.6 Å². The summed E-state index contributed by atoms with van der Waals surface area (Å²) >= 11 is 6.88. The highest BCUT2D eigenvalue weighted by Crippen LogP contribution is 2.64. The highest BCUT2D eigenvalue weighted by Gasteiger charge is 2.60. The lowest BCUT2D eigenvalue weighted by Gasteiger charge is -2.60. The molecule has 0 aliphatic heterocycles. The molecule has 118 valence electrons. The highest BCUT2D eigenvalue weighted by atomic mass is 35.5. The Hall–Kier alpha value is -0.240. The lowest BCUT2D eigenvalue weighted by molar-refractivity contribution is -0.157. The Morgan fingerprint density at radius 1 is 1.05 bits per heavy atom. The van der Waals surface area contributed by atoms with E-state index in [1.165, 1.54) is 38.5 Å². The molecule has 0 aromatic rings. The molecule has 5 aliphatic carbocycles. The summed E-state index contributed by atoms with van der Waals surface area (Å²) in [4.78, 5) is 15.4. The summed E-state index contributed by atoms with van der Waals surface area (Å²) in [7, 11) is 2.07. The first-order valence-electron chi connectivity index (χ1n) is 8.96. The molecule has 0 N–H and O–H groups in total. The lowest BCUT2D eigenvalue weighted by Crippen LogP contribution is -2.59. The molecule has 0 radical (unpaired) electrons. The standard InChI is InChI=1S/C18H28ClNO/c1-20(15-5-3-2-4-6-15)16(21)17-8-13-7-14(9-17)11-18(19,10-13)12-17/h13-15H,2-12H2,1H3/t13-,14+,17?,18?. The minimum Gasteiger partial charge on any atom is -0.342 e. The van der Waals surface area contributed by atoms with E-state index in [4.69, 9.17) is 11.6 Å². The molecule has 0 saturated heterocycles. The van der Waals surface area contributed by atoms with Gasteiger partial charge in [-0.25, -0.2) is 0 Å². The third kappa shape index (κ3) is 2.33. The van der Waals surface area contributed by atoms with Crippen molar-refractivity contribution >= 4 is 17.5 Å². The molecule has 0 aromatic heterocycles. The van der Waals surface area contributed by atoms with Crippen molar-refractivity contribution in [1.82, 2.24) is 4.90 Å². The Morgan fingerprint density at radius 2 is 1.67 bits per heavy atom. The molecule has 5 rings (SSSR count). The number of nitrogens with zero attached hydrogens (tertiary/aromatic N) is 1. The molecule has 5 aliphatic rings. The summed E-state index contributed by atoms with van der Waals surface area (Å²) in [6, 6.07) is 0.491. The van der Waals surface area contributed by atoms with Crippen LogP contribution in [0.2, 0.25) is 0 Å². The minimum absolute atomic E-state index is 0.0485. The van der Waals surface area contributed by atoms with Gasteiger partial charge >= 0.3 is 0 Å². The third-order valence-electron chi connectivity index (χ3n) is 6.89. The number of amides is 1. The predicted octanol–water partition coefficient (Wildman–Crippen LogP) is 4.36. The van der Waals surface area contributed by atoms with Gasteiger partial charge in [0.2, 0.25) is 5.91 Å². The van der Waals surface area contributed by atoms with Gasteiger partial charge in [0.25, 0.3) is 0 Å². The van der Waals surface area contributed by atoms with Gasteiger partial charge in [-0.15, -0.1) is 11.6 Å². The fourth-order valence-electron chi connectivity index (χ4n) is 6.41. The topological polar surface area (TPSA) is 20.3 Å². The van der Waals surface area contributed by atoms with E-state index in [0.29, 0.717) is 23.8 Å². The molecule has 4 atom stereocenters. The van der Waals surface area contributed by atoms with Crippen molar-refractivity contribution in [1.29, 1.82) is 0 Å². The molecule has 0 spiro atoms. The van der Waals surface area contributed by atoms with Crippen molar-refractivity contribution < 1.29 is 4.79 Å². The predicted molar refractivity (Wildman–Crippen MR) is 85.3 cm³/mol. The maximum absolute atomic E-state index is 13.3. The lowest BCUT2D eigenvalue weighted by atomic mass is 9.49. The molecule has 0 heterocycles. The van der Waals surface area contributed by atoms with Crippen LogP contribution in [-0.4, -0.2) is 28.8 Å². The van der Waals surface area contributed by atoms with Gasteiger partial charge in [0.15, 0.2) is 0 Å². The molecule has 21 heavy (non-hydrogen) atoms. The van der Waals surface area contributed by atoms with Crippen molar-refractivity contribution in [3.8, 4) is 0 Å². The molecular weight excluding hydrogens is 282 g/mol. The summed E-state index contributed by atoms with van der Waals surface area (Å²) < 4.78 is 0. The summed E-state index contributed by atoms with van der Waals surface area (Å²) in [5.74, 6) is 1.87. The van der Waals surface area contributed by atoms with Crippen molar-refractivity contribution in [3.05, 3.63) is 0 Å². The van der Waals surface area contributed by atoms with E-state index >= 15 is 0 Å². The monoisotopic (exact) mass is 309 g/mol. The zero-order valence-electron chi connectivity index (χ0n) is 13.2. The average molecular weight is 310 g/mol. The van der Waals surface area contributed by atoms with Gasteiger partial charge in [0.1, 0.15) is 0 Å². The van der Waals surface area contributed by atoms with E-state index < -0.39 is 0 Å². The van der Waals surface area contributed by atoms with E-state index in [-0.39, 0.29) is 10.3 Å². The molecule has 5 fully saturated rings. The number of rotatable bonds is 2. The second-order valence-corrected chi connectivity index (χ2v) is 9.40. The first kappa shape index (κ1) is 14.4. The van der Waals surface area contributed by atoms with Gasteiger partial charge < -0.3 is 4.90 Å². The Morgan fingerprint density at radius 3 is 2.24 bits per heavy atom. The second kappa shape index (κ2) is 4.88. The van der Waals surface area contributed by atoms with Gasteiger partial charge in [-0.3, -0.25) is 4.79 Å². The van der Waals surface area contributed by atoms with Gasteiger partial charge in [-0.1, -0.05) is 19.3 Å². The van der Waals surface area contributed by atoms with Crippen LogP contribution in [0.5, 0.6) is 0 Å². The number of halogens is 1. The Balaban J connectivity index is 1.55. The largest absolute Gasteiger partial charge is 0.342 e. The Bertz CT molecular complexity index is 428. The SMILES string of the molecule is CN(C(=O)C12C[C@@H]3C[C@@H](CC(Cl)(C3)C1)C2)C1CCCCC1. The molecule has 2 unspecified atom stereocenters. The first-order chi connectivity index (χ1) is 10.00. The average Bonchev–Trinajstić information content (AvgIpc) is 2.44. The van der Waals surface area contributed by atoms with E-state index in [1.54, 1.807) is 0 Å². The number of alkyl halides is 1. The van der Waals surface area contributed by atoms with Crippen molar-refractivity contribution in [3.63, 3.8) is 0 Å². The van der Waals surface area contributed by atoms with Crippen LogP contribution in [0, 0.1) is 17.3 Å². The summed E-state index contributed by atoms with van der Waals surface area (Å²) in [6.07, 6.45) is 13.2. The fourth-order valence-corrected chi connectivity index (χ4v) is 7.10. The van der Waals surface area contributed by atoms with E-state index in [9.17, 15) is 4.79 Å². The summed E-state index contributed by atoms with van der Waals surface area (Å²) in [5.41, 5.74) is -0.0992. The van der Waals surface area contributed by atoms with Crippen LogP contribution < -0.4 is 0 Å². The normalized spacial score (nSPS) is 45.8. The fraction of sp³-hybridized carbons (Fsp3) is 0.944. The van der Waals surface area contributed by atoms with E-state index in [1.807, 2.05) is 0 Å². The molecular formula is C18H28ClNO. The van der Waals surface area contributed by atoms with Crippen LogP contribution in [0.4, 0.5) is 0 Å². The highest BCUT2D eigenvalue weighted by molar-refractivity contribution is 6.24. The number of hydrogen-bond donors (Lipinski definition) is 0. The molecule has 3 heteroatoms. The van der Waals surface area contributed by atoms with Crippen LogP contribution in [0.3, 0.4) is 0 Å². The quantitative estimate of drug-likeness (QED) is 0.694. The third-order valence-corrected chi connectivity index (χ3v) is 7.33. The van der Waals surface area contributed by atoms with Crippen LogP contribution in [0.1, 0.15) is 70.6 Å². The number of carbonyl (C=O) groups is 1. The maximum atomic E-state index is 13.3. The van der Waals surface area contributed by atoms with Crippen LogP contribution in [0.25, 0.3) is 0 Å². The van der Waals surface area contributed by atoms with Crippen LogP contribution in [0.15, 0.2) is 0 Å². The Kier molecular flexibility index (Phi) is 3.33. The van der Waals surface area contributed by atoms with Crippen molar-refractivity contribution in [2.24, 2.45) is 17.3 Å². The molecule has 4 bridgehead atoms. The van der Waals surface area contributed by atoms with E-state index in [2.05, 4.69) is 11.9 Å². The summed E-state index contributed by atoms with van der Waals surface area (Å²) in [5, 5.41) is 0. The van der Waals surface area contributed by atoms with E-state index in [0.717, 1.165) is 32.1 Å². The molecule has 0 aromatic carbocycles. The Labute approximate surface area is 133 Å². The van der Waals surface area contributed by atoms with Crippen LogP contribution in [-0.2, 0) is 4.79 Å². The number of carbonyl (C=O) groups excluding carboxylic acids is 1. The van der Waals surface area contributed by atoms with Gasteiger partial charge in [-0.2, -0.15) is 0 Å². The molecule has 1 amide bonds. The minimum atomic E-state index is -0.0992. The zero-order valence-corrected chi connectivity index (χ0v) is 14.0. The van der Waals surface area contributed by atoms with Gasteiger partial charge in [-0.05, 0) is 63.2 Å². The second-order valence-electron chi connectivity index (χ2n) is 8.60. The van der Waals surface area contributed by atoms with Gasteiger partial charge in [0, 0.05) is 18.0 Å². The van der Waals surface area contributed by atoms with Gasteiger partial charge in [0.05, 0.1) is 5.41 Å². The molecule has 5 saturated carbocycles. The summed E-state index contributed by atoms with van der Waals surface area (Å²) in [6.45, 7) is 0. The van der Waals surface area contributed by atoms with Crippen molar-refractivity contribution in [2.75, 3.05) is 7.05 Å². The first-order valence-corrected chi connectivity index (χ1v) is 9.34. The smallest absolute Gasteiger partial charge is 0.228 e. The van der Waals surface area contributed by atoms with Crippen molar-refractivity contribution in [2.45, 2.75) is 81.5 Å². The maximum Gasteiger partial charge on any atom is 0.228 e.